The third-order valence-corrected chi connectivity index (χ3v) is 8.67. The van der Waals surface area contributed by atoms with Gasteiger partial charge in [-0.3, -0.25) is 9.89 Å². The van der Waals surface area contributed by atoms with E-state index in [2.05, 4.69) is 36.4 Å². The average Bonchev–Trinajstić information content (AvgIpc) is 3.65. The van der Waals surface area contributed by atoms with Gasteiger partial charge in [-0.2, -0.15) is 5.10 Å². The van der Waals surface area contributed by atoms with Crippen LogP contribution in [0.5, 0.6) is 5.75 Å². The van der Waals surface area contributed by atoms with Crippen LogP contribution >= 0.6 is 11.3 Å². The zero-order valence-electron chi connectivity index (χ0n) is 21.4. The van der Waals surface area contributed by atoms with Gasteiger partial charge < -0.3 is 19.9 Å². The summed E-state index contributed by atoms with van der Waals surface area (Å²) in [6.45, 7) is 4.12. The molecule has 37 heavy (non-hydrogen) atoms. The summed E-state index contributed by atoms with van der Waals surface area (Å²) < 4.78 is 6.30. The zero-order chi connectivity index (χ0) is 25.4. The molecule has 9 nitrogen and oxygen atoms in total. The summed E-state index contributed by atoms with van der Waals surface area (Å²) >= 11 is 1.68. The minimum atomic E-state index is 0.0315. The fourth-order valence-electron chi connectivity index (χ4n) is 5.57. The summed E-state index contributed by atoms with van der Waals surface area (Å²) in [5.41, 5.74) is 3.08. The molecule has 10 heteroatoms. The molecule has 1 atom stereocenters. The van der Waals surface area contributed by atoms with Gasteiger partial charge in [0.15, 0.2) is 0 Å². The van der Waals surface area contributed by atoms with Gasteiger partial charge >= 0.3 is 0 Å². The fourth-order valence-corrected chi connectivity index (χ4v) is 6.84. The molecule has 6 rings (SSSR count). The SMILES string of the molecule is CN(C)C(=O)[C@H]1CCc2c(sc3ncnc(Nc4cc5cn[nH]c5cc4OCCCN4CCCC4)c23)C1. The second-order valence-corrected chi connectivity index (χ2v) is 11.3. The minimum Gasteiger partial charge on any atom is -0.491 e. The van der Waals surface area contributed by atoms with Crippen molar-refractivity contribution in [2.45, 2.75) is 38.5 Å². The smallest absolute Gasteiger partial charge is 0.225 e. The van der Waals surface area contributed by atoms with Crippen LogP contribution in [0.4, 0.5) is 11.5 Å². The van der Waals surface area contributed by atoms with Crippen molar-refractivity contribution in [3.05, 3.63) is 35.1 Å². The highest BCUT2D eigenvalue weighted by atomic mass is 32.1. The maximum absolute atomic E-state index is 12.6. The van der Waals surface area contributed by atoms with E-state index in [4.69, 9.17) is 4.74 Å². The Labute approximate surface area is 220 Å². The first-order valence-corrected chi connectivity index (χ1v) is 13.9. The number of aromatic nitrogens is 4. The van der Waals surface area contributed by atoms with Crippen molar-refractivity contribution >= 4 is 49.9 Å². The van der Waals surface area contributed by atoms with Crippen molar-refractivity contribution < 1.29 is 9.53 Å². The Morgan fingerprint density at radius 3 is 2.97 bits per heavy atom. The average molecular weight is 520 g/mol. The molecule has 1 aromatic carbocycles. The van der Waals surface area contributed by atoms with Crippen LogP contribution < -0.4 is 10.1 Å². The van der Waals surface area contributed by atoms with Crippen LogP contribution in [0, 0.1) is 5.92 Å². The van der Waals surface area contributed by atoms with Gasteiger partial charge in [-0.25, -0.2) is 9.97 Å². The zero-order valence-corrected chi connectivity index (χ0v) is 22.2. The predicted molar refractivity (Wildman–Crippen MR) is 147 cm³/mol. The first kappa shape index (κ1) is 24.1. The number of nitrogens with zero attached hydrogens (tertiary/aromatic N) is 5. The van der Waals surface area contributed by atoms with Gasteiger partial charge in [0.25, 0.3) is 0 Å². The maximum atomic E-state index is 12.6. The van der Waals surface area contributed by atoms with Crippen LogP contribution in [0.3, 0.4) is 0 Å². The number of aryl methyl sites for hydroxylation is 1. The number of hydrogen-bond acceptors (Lipinski definition) is 8. The number of carbonyl (C=O) groups excluding carboxylic acids is 1. The maximum Gasteiger partial charge on any atom is 0.225 e. The van der Waals surface area contributed by atoms with Crippen molar-refractivity contribution in [2.75, 3.05) is 45.7 Å². The Kier molecular flexibility index (Phi) is 6.69. The predicted octanol–water partition coefficient (Wildman–Crippen LogP) is 4.37. The van der Waals surface area contributed by atoms with Crippen LogP contribution in [-0.4, -0.2) is 76.2 Å². The van der Waals surface area contributed by atoms with E-state index in [-0.39, 0.29) is 11.8 Å². The van der Waals surface area contributed by atoms with E-state index >= 15 is 0 Å². The molecule has 4 aromatic rings. The summed E-state index contributed by atoms with van der Waals surface area (Å²) in [5, 5.41) is 12.9. The third-order valence-electron chi connectivity index (χ3n) is 7.50. The number of H-pyrrole nitrogens is 1. The number of aromatic amines is 1. The normalized spacial score (nSPS) is 17.8. The number of fused-ring (bicyclic) bond motifs is 4. The second kappa shape index (κ2) is 10.3. The van der Waals surface area contributed by atoms with E-state index in [1.165, 1.54) is 36.4 Å². The molecule has 0 radical (unpaired) electrons. The molecule has 0 spiro atoms. The van der Waals surface area contributed by atoms with E-state index in [1.807, 2.05) is 26.4 Å². The van der Waals surface area contributed by atoms with Crippen molar-refractivity contribution in [2.24, 2.45) is 5.92 Å². The lowest BCUT2D eigenvalue weighted by atomic mass is 9.87. The lowest BCUT2D eigenvalue weighted by Crippen LogP contribution is -2.32. The van der Waals surface area contributed by atoms with E-state index < -0.39 is 0 Å². The second-order valence-electron chi connectivity index (χ2n) is 10.3. The Bertz CT molecular complexity index is 1420. The van der Waals surface area contributed by atoms with Crippen molar-refractivity contribution in [3.63, 3.8) is 0 Å². The largest absolute Gasteiger partial charge is 0.491 e. The molecule has 1 aliphatic heterocycles. The van der Waals surface area contributed by atoms with E-state index in [1.54, 1.807) is 22.6 Å². The van der Waals surface area contributed by atoms with Crippen LogP contribution in [0.1, 0.15) is 36.1 Å². The number of thiophene rings is 1. The molecule has 0 unspecified atom stereocenters. The summed E-state index contributed by atoms with van der Waals surface area (Å²) in [6.07, 6.45) is 9.49. The van der Waals surface area contributed by atoms with Gasteiger partial charge in [0, 0.05) is 42.9 Å². The van der Waals surface area contributed by atoms with Crippen molar-refractivity contribution in [3.8, 4) is 5.75 Å². The van der Waals surface area contributed by atoms with E-state index in [0.717, 1.165) is 70.6 Å². The Hall–Kier alpha value is -3.24. The first-order chi connectivity index (χ1) is 18.1. The highest BCUT2D eigenvalue weighted by Gasteiger charge is 2.30. The standard InChI is InChI=1S/C27H33N7O2S/c1-33(2)27(35)17-6-7-19-23(13-17)37-26-24(19)25(28-16-29-26)31-21-12-18-15-30-32-20(18)14-22(21)36-11-5-10-34-8-3-4-9-34/h12,14-17H,3-11,13H2,1-2H3,(H,30,32)(H,28,29,31)/t17-/m0/s1. The molecule has 2 aliphatic rings. The lowest BCUT2D eigenvalue weighted by Gasteiger charge is -2.24. The van der Waals surface area contributed by atoms with Crippen molar-refractivity contribution in [1.82, 2.24) is 30.0 Å². The summed E-state index contributed by atoms with van der Waals surface area (Å²) in [7, 11) is 3.67. The molecule has 194 valence electrons. The molecule has 0 saturated carbocycles. The summed E-state index contributed by atoms with van der Waals surface area (Å²) in [6, 6.07) is 4.08. The molecule has 4 heterocycles. The third kappa shape index (κ3) is 4.87. The number of benzene rings is 1. The number of anilines is 2. The number of hydrogen-bond donors (Lipinski definition) is 2. The quantitative estimate of drug-likeness (QED) is 0.334. The molecular formula is C27H33N7O2S. The van der Waals surface area contributed by atoms with Gasteiger partial charge in [0.1, 0.15) is 22.7 Å². The highest BCUT2D eigenvalue weighted by molar-refractivity contribution is 7.19. The number of carbonyl (C=O) groups is 1. The van der Waals surface area contributed by atoms with Crippen molar-refractivity contribution in [1.29, 1.82) is 0 Å². The first-order valence-electron chi connectivity index (χ1n) is 13.1. The van der Waals surface area contributed by atoms with E-state index in [0.29, 0.717) is 6.61 Å². The number of rotatable bonds is 8. The minimum absolute atomic E-state index is 0.0315. The van der Waals surface area contributed by atoms with Crippen LogP contribution in [0.15, 0.2) is 24.7 Å². The van der Waals surface area contributed by atoms with Gasteiger partial charge in [-0.15, -0.1) is 11.3 Å². The van der Waals surface area contributed by atoms with Gasteiger partial charge in [0.05, 0.1) is 29.4 Å². The van der Waals surface area contributed by atoms with Gasteiger partial charge in [0.2, 0.25) is 5.91 Å². The van der Waals surface area contributed by atoms with Gasteiger partial charge in [-0.1, -0.05) is 0 Å². The van der Waals surface area contributed by atoms with E-state index in [9.17, 15) is 4.79 Å². The Balaban J connectivity index is 1.27. The molecule has 1 aliphatic carbocycles. The summed E-state index contributed by atoms with van der Waals surface area (Å²) in [4.78, 5) is 28.2. The number of ether oxygens (including phenoxy) is 1. The monoisotopic (exact) mass is 519 g/mol. The number of amides is 1. The van der Waals surface area contributed by atoms with Gasteiger partial charge in [-0.05, 0) is 63.2 Å². The molecule has 1 amide bonds. The van der Waals surface area contributed by atoms with Crippen LogP contribution in [0.25, 0.3) is 21.1 Å². The number of nitrogens with one attached hydrogen (secondary N) is 2. The highest BCUT2D eigenvalue weighted by Crippen LogP contribution is 2.42. The van der Waals surface area contributed by atoms with Crippen LogP contribution in [0.2, 0.25) is 0 Å². The lowest BCUT2D eigenvalue weighted by molar-refractivity contribution is -0.133. The molecule has 2 N–H and O–H groups in total. The Morgan fingerprint density at radius 1 is 1.27 bits per heavy atom. The fraction of sp³-hybridized carbons (Fsp3) is 0.481. The summed E-state index contributed by atoms with van der Waals surface area (Å²) in [5.74, 6) is 1.80. The Morgan fingerprint density at radius 2 is 2.14 bits per heavy atom. The number of likely N-dealkylation sites (tertiary alicyclic amines) is 1. The molecule has 0 bridgehead atoms. The molecule has 1 fully saturated rings. The van der Waals surface area contributed by atoms with Crippen LogP contribution in [-0.2, 0) is 17.6 Å². The molecule has 1 saturated heterocycles. The molecular weight excluding hydrogens is 486 g/mol. The molecule has 3 aromatic heterocycles. The topological polar surface area (TPSA) is 99.3 Å².